The van der Waals surface area contributed by atoms with Crippen LogP contribution < -0.4 is 10.6 Å². The number of rotatable bonds is 5. The van der Waals surface area contributed by atoms with E-state index in [-0.39, 0.29) is 23.5 Å². The van der Waals surface area contributed by atoms with E-state index >= 15 is 0 Å². The van der Waals surface area contributed by atoms with Gasteiger partial charge in [0.2, 0.25) is 11.8 Å². The second-order valence-corrected chi connectivity index (χ2v) is 7.12. The monoisotopic (exact) mass is 361 g/mol. The quantitative estimate of drug-likeness (QED) is 0.855. The number of hydrogen-bond acceptors (Lipinski definition) is 4. The van der Waals surface area contributed by atoms with Crippen molar-refractivity contribution in [2.75, 3.05) is 5.32 Å². The molecule has 1 aliphatic rings. The Hall–Kier alpha value is -2.28. The molecule has 5 nitrogen and oxygen atoms in total. The van der Waals surface area contributed by atoms with Gasteiger partial charge >= 0.3 is 0 Å². The summed E-state index contributed by atoms with van der Waals surface area (Å²) in [6, 6.07) is 5.62. The first-order valence-electron chi connectivity index (χ1n) is 8.32. The molecule has 1 unspecified atom stereocenters. The van der Waals surface area contributed by atoms with Crippen LogP contribution >= 0.6 is 11.3 Å². The van der Waals surface area contributed by atoms with Crippen LogP contribution in [0.3, 0.4) is 0 Å². The molecule has 132 valence electrons. The van der Waals surface area contributed by atoms with Crippen molar-refractivity contribution in [1.29, 1.82) is 0 Å². The van der Waals surface area contributed by atoms with Crippen molar-refractivity contribution in [2.24, 2.45) is 5.92 Å². The Balaban J connectivity index is 1.72. The summed E-state index contributed by atoms with van der Waals surface area (Å²) in [6.45, 7) is 1.42. The largest absolute Gasteiger partial charge is 0.344 e. The molecule has 0 spiro atoms. The summed E-state index contributed by atoms with van der Waals surface area (Å²) in [7, 11) is 0. The number of nitrogens with one attached hydrogen (secondary N) is 2. The molecular weight excluding hydrogens is 341 g/mol. The lowest BCUT2D eigenvalue weighted by Gasteiger charge is -2.22. The van der Waals surface area contributed by atoms with Crippen LogP contribution in [0, 0.1) is 11.7 Å². The molecule has 3 rings (SSSR count). The van der Waals surface area contributed by atoms with Crippen molar-refractivity contribution < 1.29 is 14.0 Å². The summed E-state index contributed by atoms with van der Waals surface area (Å²) >= 11 is 1.28. The summed E-state index contributed by atoms with van der Waals surface area (Å²) in [5.74, 6) is -0.636. The van der Waals surface area contributed by atoms with Gasteiger partial charge < -0.3 is 10.6 Å². The summed E-state index contributed by atoms with van der Waals surface area (Å²) < 4.78 is 13.3. The highest BCUT2D eigenvalue weighted by Gasteiger charge is 2.31. The van der Waals surface area contributed by atoms with Crippen molar-refractivity contribution in [3.63, 3.8) is 0 Å². The van der Waals surface area contributed by atoms with Crippen molar-refractivity contribution in [3.8, 4) is 11.3 Å². The average Bonchev–Trinajstić information content (AvgIpc) is 3.24. The maximum absolute atomic E-state index is 13.3. The zero-order valence-electron chi connectivity index (χ0n) is 13.9. The van der Waals surface area contributed by atoms with Gasteiger partial charge in [0, 0.05) is 17.9 Å². The molecule has 1 aliphatic carbocycles. The lowest BCUT2D eigenvalue weighted by atomic mass is 9.97. The third-order valence-corrected chi connectivity index (χ3v) is 5.12. The van der Waals surface area contributed by atoms with E-state index in [9.17, 15) is 14.0 Å². The lowest BCUT2D eigenvalue weighted by molar-refractivity contribution is -0.126. The van der Waals surface area contributed by atoms with Crippen LogP contribution in [0.4, 0.5) is 9.52 Å². The van der Waals surface area contributed by atoms with Crippen LogP contribution in [0.5, 0.6) is 0 Å². The minimum absolute atomic E-state index is 0.159. The Labute approximate surface area is 149 Å². The van der Waals surface area contributed by atoms with Crippen LogP contribution in [-0.2, 0) is 9.59 Å². The molecular formula is C18H20FN3O2S. The molecule has 2 amide bonds. The van der Waals surface area contributed by atoms with Gasteiger partial charge in [-0.05, 0) is 30.9 Å². The molecule has 7 heteroatoms. The first kappa shape index (κ1) is 17.5. The van der Waals surface area contributed by atoms with E-state index in [2.05, 4.69) is 15.6 Å². The SMILES string of the molecule is CC(=O)NC(C(=O)Nc1nc(-c2cccc(F)c2)cs1)C1CCCC1. The zero-order chi connectivity index (χ0) is 17.8. The van der Waals surface area contributed by atoms with E-state index < -0.39 is 6.04 Å². The normalized spacial score (nSPS) is 15.8. The predicted octanol–water partition coefficient (Wildman–Crippen LogP) is 3.58. The molecule has 1 saturated carbocycles. The van der Waals surface area contributed by atoms with E-state index in [0.717, 1.165) is 25.7 Å². The van der Waals surface area contributed by atoms with E-state index in [1.54, 1.807) is 17.5 Å². The molecule has 25 heavy (non-hydrogen) atoms. The number of benzene rings is 1. The second kappa shape index (κ2) is 7.74. The molecule has 0 saturated heterocycles. The molecule has 0 radical (unpaired) electrons. The lowest BCUT2D eigenvalue weighted by Crippen LogP contribution is -2.47. The summed E-state index contributed by atoms with van der Waals surface area (Å²) in [5.41, 5.74) is 1.27. The minimum Gasteiger partial charge on any atom is -0.344 e. The molecule has 0 aliphatic heterocycles. The third-order valence-electron chi connectivity index (χ3n) is 4.37. The van der Waals surface area contributed by atoms with Crippen LogP contribution in [0.1, 0.15) is 32.6 Å². The van der Waals surface area contributed by atoms with Gasteiger partial charge in [-0.1, -0.05) is 25.0 Å². The zero-order valence-corrected chi connectivity index (χ0v) is 14.7. The fraction of sp³-hybridized carbons (Fsp3) is 0.389. The maximum Gasteiger partial charge on any atom is 0.249 e. The van der Waals surface area contributed by atoms with Crippen LogP contribution in [0.25, 0.3) is 11.3 Å². The van der Waals surface area contributed by atoms with Crippen LogP contribution in [0.15, 0.2) is 29.6 Å². The molecule has 1 fully saturated rings. The fourth-order valence-corrected chi connectivity index (χ4v) is 3.92. The summed E-state index contributed by atoms with van der Waals surface area (Å²) in [5, 5.41) is 7.77. The Morgan fingerprint density at radius 2 is 2.08 bits per heavy atom. The first-order valence-corrected chi connectivity index (χ1v) is 9.20. The number of halogens is 1. The van der Waals surface area contributed by atoms with E-state index in [1.165, 1.54) is 30.4 Å². The number of carbonyl (C=O) groups is 2. The van der Waals surface area contributed by atoms with Crippen molar-refractivity contribution in [3.05, 3.63) is 35.5 Å². The molecule has 2 aromatic rings. The second-order valence-electron chi connectivity index (χ2n) is 6.26. The van der Waals surface area contributed by atoms with Gasteiger partial charge in [-0.3, -0.25) is 9.59 Å². The van der Waals surface area contributed by atoms with Gasteiger partial charge in [0.15, 0.2) is 5.13 Å². The van der Waals surface area contributed by atoms with Crippen molar-refractivity contribution in [2.45, 2.75) is 38.6 Å². The van der Waals surface area contributed by atoms with Gasteiger partial charge in [0.25, 0.3) is 0 Å². The fourth-order valence-electron chi connectivity index (χ4n) is 3.20. The van der Waals surface area contributed by atoms with Gasteiger partial charge in [-0.15, -0.1) is 11.3 Å². The number of thiazole rings is 1. The molecule has 1 heterocycles. The highest BCUT2D eigenvalue weighted by Crippen LogP contribution is 2.29. The number of carbonyl (C=O) groups excluding carboxylic acids is 2. The molecule has 2 N–H and O–H groups in total. The molecule has 0 bridgehead atoms. The summed E-state index contributed by atoms with van der Waals surface area (Å²) in [4.78, 5) is 28.4. The molecule has 1 aromatic carbocycles. The Morgan fingerprint density at radius 1 is 1.32 bits per heavy atom. The van der Waals surface area contributed by atoms with Crippen LogP contribution in [0.2, 0.25) is 0 Å². The molecule has 1 atom stereocenters. The third kappa shape index (κ3) is 4.42. The maximum atomic E-state index is 13.3. The Bertz CT molecular complexity index is 771. The van der Waals surface area contributed by atoms with Gasteiger partial charge in [0.05, 0.1) is 5.69 Å². The number of nitrogens with zero attached hydrogens (tertiary/aromatic N) is 1. The standard InChI is InChI=1S/C18H20FN3O2S/c1-11(23)20-16(12-5-2-3-6-12)17(24)22-18-21-15(10-25-18)13-7-4-8-14(19)9-13/h4,7-10,12,16H,2-3,5-6H2,1H3,(H,20,23)(H,21,22,24). The highest BCUT2D eigenvalue weighted by molar-refractivity contribution is 7.14. The Morgan fingerprint density at radius 3 is 2.76 bits per heavy atom. The van der Waals surface area contributed by atoms with Gasteiger partial charge in [-0.25, -0.2) is 9.37 Å². The van der Waals surface area contributed by atoms with Crippen molar-refractivity contribution >= 4 is 28.3 Å². The average molecular weight is 361 g/mol. The Kier molecular flexibility index (Phi) is 5.43. The number of anilines is 1. The van der Waals surface area contributed by atoms with Crippen molar-refractivity contribution in [1.82, 2.24) is 10.3 Å². The summed E-state index contributed by atoms with van der Waals surface area (Å²) in [6.07, 6.45) is 4.03. The first-order chi connectivity index (χ1) is 12.0. The van der Waals surface area contributed by atoms with Gasteiger partial charge in [0.1, 0.15) is 11.9 Å². The number of amides is 2. The number of hydrogen-bond donors (Lipinski definition) is 2. The van der Waals surface area contributed by atoms with Crippen LogP contribution in [-0.4, -0.2) is 22.8 Å². The molecule has 1 aromatic heterocycles. The topological polar surface area (TPSA) is 71.1 Å². The minimum atomic E-state index is -0.540. The smallest absolute Gasteiger partial charge is 0.249 e. The van der Waals surface area contributed by atoms with Gasteiger partial charge in [-0.2, -0.15) is 0 Å². The number of aromatic nitrogens is 1. The highest BCUT2D eigenvalue weighted by atomic mass is 32.1. The van der Waals surface area contributed by atoms with E-state index in [0.29, 0.717) is 16.4 Å². The predicted molar refractivity (Wildman–Crippen MR) is 95.7 cm³/mol. The van der Waals surface area contributed by atoms with E-state index in [4.69, 9.17) is 0 Å². The van der Waals surface area contributed by atoms with E-state index in [1.807, 2.05) is 0 Å².